The first-order chi connectivity index (χ1) is 38.2. The largest absolute Gasteiger partial charge is 0.454 e. The molecule has 1 spiro atoms. The molecule has 78 heavy (non-hydrogen) atoms. The highest BCUT2D eigenvalue weighted by Crippen LogP contribution is 2.64. The van der Waals surface area contributed by atoms with Crippen LogP contribution in [0.5, 0.6) is 0 Å². The van der Waals surface area contributed by atoms with E-state index in [9.17, 15) is 0 Å². The molecule has 0 saturated carbocycles. The molecule has 2 aliphatic rings. The molecule has 12 aromatic carbocycles. The summed E-state index contributed by atoms with van der Waals surface area (Å²) in [4.78, 5) is 4.74. The monoisotopic (exact) mass is 1020 g/mol. The minimum Gasteiger partial charge on any atom is -0.454 e. The van der Waals surface area contributed by atoms with Crippen LogP contribution in [0.15, 0.2) is 251 Å². The first-order valence-corrected chi connectivity index (χ1v) is 30.6. The zero-order valence-corrected chi connectivity index (χ0v) is 44.8. The molecule has 0 atom stereocenters. The molecule has 0 fully saturated rings. The normalized spacial score (nSPS) is 13.2. The molecular weight excluding hydrogens is 965 g/mol. The maximum atomic E-state index is 7.10. The van der Waals surface area contributed by atoms with E-state index >= 15 is 0 Å². The highest BCUT2D eigenvalue weighted by Gasteiger charge is 2.52. The van der Waals surface area contributed by atoms with Crippen molar-refractivity contribution in [1.29, 1.82) is 0 Å². The van der Waals surface area contributed by atoms with E-state index in [1.54, 1.807) is 0 Å². The topological polar surface area (TPSA) is 32.8 Å². The van der Waals surface area contributed by atoms with Gasteiger partial charge in [0.25, 0.3) is 0 Å². The SMILES string of the molecule is Cc1cccc2c1oc1c(N(c3ccccc3)c3ccc4cc5c(cc4c3)C3(c4ccccc4-c4ccccc43)c3cc4cc(N(c6ccccc6)c6cccc7c6oc6c([Si](C)(C)C)cccc67)ccc4cc3-5)cccc12. The summed E-state index contributed by atoms with van der Waals surface area (Å²) < 4.78 is 13.9. The van der Waals surface area contributed by atoms with Crippen molar-refractivity contribution in [2.75, 3.05) is 9.80 Å². The Hall–Kier alpha value is -9.42. The van der Waals surface area contributed by atoms with Crippen molar-refractivity contribution in [3.05, 3.63) is 270 Å². The molecule has 2 aliphatic carbocycles. The number of nitrogens with zero attached hydrogens (tertiary/aromatic N) is 2. The second-order valence-electron chi connectivity index (χ2n) is 22.4. The van der Waals surface area contributed by atoms with Crippen LogP contribution in [0.4, 0.5) is 34.1 Å². The molecule has 14 aromatic rings. The lowest BCUT2D eigenvalue weighted by Gasteiger charge is -2.31. The van der Waals surface area contributed by atoms with E-state index in [1.807, 2.05) is 0 Å². The fourth-order valence-corrected chi connectivity index (χ4v) is 15.0. The first-order valence-electron chi connectivity index (χ1n) is 27.1. The number of furan rings is 2. The Labute approximate surface area is 453 Å². The number of hydrogen-bond acceptors (Lipinski definition) is 4. The van der Waals surface area contributed by atoms with Crippen molar-refractivity contribution in [3.63, 3.8) is 0 Å². The molecule has 0 unspecified atom stereocenters. The standard InChI is InChI=1S/C73H52N2O2Si/c1-45-19-15-26-56-57-27-16-32-66(70(57)76-69(45)56)74(50-20-7-5-8-21-50)52-37-35-46-41-60-61-42-47-36-38-53(75(51-22-9-6-10-23-51)67-33-17-28-58-59-29-18-34-68(78(2,3)4)72(59)77-71(58)67)40-49(47)44-65(61)73(64(60)43-48(46)39-52)62-30-13-11-24-54(62)55-25-12-14-31-63(55)73/h5-44H,1-4H3. The average Bonchev–Trinajstić information content (AvgIpc) is 2.78. The van der Waals surface area contributed by atoms with E-state index in [0.717, 1.165) is 78.2 Å². The lowest BCUT2D eigenvalue weighted by atomic mass is 9.70. The Balaban J connectivity index is 0.911. The van der Waals surface area contributed by atoms with Gasteiger partial charge in [-0.1, -0.05) is 177 Å². The molecule has 370 valence electrons. The zero-order chi connectivity index (χ0) is 52.0. The van der Waals surface area contributed by atoms with Crippen LogP contribution in [0, 0.1) is 6.92 Å². The summed E-state index contributed by atoms with van der Waals surface area (Å²) in [6.45, 7) is 9.32. The lowest BCUT2D eigenvalue weighted by Crippen LogP contribution is -2.37. The minimum atomic E-state index is -1.73. The van der Waals surface area contributed by atoms with Gasteiger partial charge in [0.2, 0.25) is 0 Å². The quantitative estimate of drug-likeness (QED) is 0.149. The smallest absolute Gasteiger partial charge is 0.159 e. The second-order valence-corrected chi connectivity index (χ2v) is 27.5. The van der Waals surface area contributed by atoms with Gasteiger partial charge in [-0.2, -0.15) is 0 Å². The van der Waals surface area contributed by atoms with Gasteiger partial charge in [-0.3, -0.25) is 0 Å². The van der Waals surface area contributed by atoms with Crippen LogP contribution in [0.25, 0.3) is 87.7 Å². The van der Waals surface area contributed by atoms with Crippen molar-refractivity contribution in [2.24, 2.45) is 0 Å². The molecule has 0 aliphatic heterocycles. The predicted octanol–water partition coefficient (Wildman–Crippen LogP) is 19.9. The van der Waals surface area contributed by atoms with E-state index in [4.69, 9.17) is 8.83 Å². The van der Waals surface area contributed by atoms with E-state index in [2.05, 4.69) is 279 Å². The van der Waals surface area contributed by atoms with Gasteiger partial charge >= 0.3 is 0 Å². The van der Waals surface area contributed by atoms with Gasteiger partial charge in [0.05, 0.1) is 24.9 Å². The van der Waals surface area contributed by atoms with Gasteiger partial charge in [-0.05, 0) is 169 Å². The number of fused-ring (bicyclic) bond motifs is 18. The number of anilines is 6. The zero-order valence-electron chi connectivity index (χ0n) is 43.8. The average molecular weight is 1020 g/mol. The maximum absolute atomic E-state index is 7.10. The molecule has 16 rings (SSSR count). The Bertz CT molecular complexity index is 4770. The van der Waals surface area contributed by atoms with Gasteiger partial charge < -0.3 is 18.6 Å². The fourth-order valence-electron chi connectivity index (χ4n) is 13.6. The highest BCUT2D eigenvalue weighted by atomic mass is 28.3. The van der Waals surface area contributed by atoms with Gasteiger partial charge in [0.15, 0.2) is 11.2 Å². The Morgan fingerprint density at radius 1 is 0.321 bits per heavy atom. The van der Waals surface area contributed by atoms with E-state index in [1.165, 1.54) is 76.6 Å². The van der Waals surface area contributed by atoms with Crippen LogP contribution in [-0.2, 0) is 5.41 Å². The Morgan fingerprint density at radius 3 is 1.27 bits per heavy atom. The van der Waals surface area contributed by atoms with Crippen LogP contribution in [0.2, 0.25) is 19.6 Å². The molecule has 0 N–H and O–H groups in total. The summed E-state index contributed by atoms with van der Waals surface area (Å²) >= 11 is 0. The summed E-state index contributed by atoms with van der Waals surface area (Å²) in [5.41, 5.74) is 20.9. The minimum absolute atomic E-state index is 0.573. The molecule has 4 nitrogen and oxygen atoms in total. The van der Waals surface area contributed by atoms with Crippen LogP contribution < -0.4 is 15.0 Å². The molecule has 0 radical (unpaired) electrons. The molecule has 2 aromatic heterocycles. The molecule has 2 heterocycles. The summed E-state index contributed by atoms with van der Waals surface area (Å²) in [5.74, 6) is 0. The van der Waals surface area contributed by atoms with Crippen LogP contribution in [-0.4, -0.2) is 8.07 Å². The van der Waals surface area contributed by atoms with Crippen LogP contribution >= 0.6 is 0 Å². The number of para-hydroxylation sites is 6. The van der Waals surface area contributed by atoms with Gasteiger partial charge in [0.1, 0.15) is 11.2 Å². The predicted molar refractivity (Wildman–Crippen MR) is 329 cm³/mol. The van der Waals surface area contributed by atoms with E-state index < -0.39 is 13.5 Å². The highest BCUT2D eigenvalue weighted by molar-refractivity contribution is 6.90. The molecule has 0 bridgehead atoms. The first kappa shape index (κ1) is 44.8. The number of rotatable bonds is 7. The van der Waals surface area contributed by atoms with E-state index in [0.29, 0.717) is 0 Å². The van der Waals surface area contributed by atoms with Crippen molar-refractivity contribution in [1.82, 2.24) is 0 Å². The Morgan fingerprint density at radius 2 is 0.756 bits per heavy atom. The molecular formula is C73H52N2O2Si. The molecule has 0 saturated heterocycles. The van der Waals surface area contributed by atoms with Gasteiger partial charge in [-0.15, -0.1) is 0 Å². The molecule has 0 amide bonds. The Kier molecular flexibility index (Phi) is 9.51. The third-order valence-electron chi connectivity index (χ3n) is 17.0. The number of aryl methyl sites for hydroxylation is 1. The third-order valence-corrected chi connectivity index (χ3v) is 19.0. The van der Waals surface area contributed by atoms with Crippen molar-refractivity contribution < 1.29 is 8.83 Å². The fraction of sp³-hybridized carbons (Fsp3) is 0.0685. The number of benzene rings is 12. The van der Waals surface area contributed by atoms with Crippen LogP contribution in [0.3, 0.4) is 0 Å². The summed E-state index contributed by atoms with van der Waals surface area (Å²) in [6.07, 6.45) is 0. The summed E-state index contributed by atoms with van der Waals surface area (Å²) in [5, 5.41) is 10.6. The number of hydrogen-bond donors (Lipinski definition) is 0. The van der Waals surface area contributed by atoms with Crippen molar-refractivity contribution in [3.8, 4) is 22.3 Å². The van der Waals surface area contributed by atoms with E-state index in [-0.39, 0.29) is 0 Å². The van der Waals surface area contributed by atoms with Crippen molar-refractivity contribution in [2.45, 2.75) is 32.0 Å². The third kappa shape index (κ3) is 6.34. The lowest BCUT2D eigenvalue weighted by molar-refractivity contribution is 0.666. The summed E-state index contributed by atoms with van der Waals surface area (Å²) in [6, 6.07) is 89.8. The second kappa shape index (κ2) is 16.5. The van der Waals surface area contributed by atoms with Gasteiger partial charge in [-0.25, -0.2) is 0 Å². The molecule has 5 heteroatoms. The van der Waals surface area contributed by atoms with Crippen LogP contribution in [0.1, 0.15) is 27.8 Å². The summed E-state index contributed by atoms with van der Waals surface area (Å²) in [7, 11) is -1.73. The van der Waals surface area contributed by atoms with Crippen molar-refractivity contribution >= 4 is 113 Å². The maximum Gasteiger partial charge on any atom is 0.159 e. The van der Waals surface area contributed by atoms with Gasteiger partial charge in [0, 0.05) is 44.3 Å².